The number of hydrogen-bond donors (Lipinski definition) is 2. The smallest absolute Gasteiger partial charge is 0.247 e. The zero-order valence-electron chi connectivity index (χ0n) is 10.3. The van der Waals surface area contributed by atoms with Gasteiger partial charge in [-0.15, -0.1) is 11.3 Å². The van der Waals surface area contributed by atoms with Crippen LogP contribution in [0.1, 0.15) is 4.88 Å². The average Bonchev–Trinajstić information content (AvgIpc) is 2.94. The van der Waals surface area contributed by atoms with E-state index in [1.54, 1.807) is 7.05 Å². The number of hydrogen-bond acceptors (Lipinski definition) is 6. The van der Waals surface area contributed by atoms with E-state index in [1.807, 2.05) is 0 Å². The summed E-state index contributed by atoms with van der Waals surface area (Å²) in [6.07, 6.45) is 2.60. The second kappa shape index (κ2) is 5.26. The van der Waals surface area contributed by atoms with Crippen LogP contribution in [0.5, 0.6) is 0 Å². The third kappa shape index (κ3) is 3.43. The summed E-state index contributed by atoms with van der Waals surface area (Å²) in [5.74, 6) is 0. The molecule has 0 saturated carbocycles. The second-order valence-electron chi connectivity index (χ2n) is 3.94. The summed E-state index contributed by atoms with van der Waals surface area (Å²) < 4.78 is 49.8. The molecule has 0 fully saturated rings. The van der Waals surface area contributed by atoms with Crippen molar-refractivity contribution in [1.82, 2.24) is 14.5 Å². The lowest BCUT2D eigenvalue weighted by molar-refractivity contribution is 0.581. The zero-order valence-corrected chi connectivity index (χ0v) is 12.8. The van der Waals surface area contributed by atoms with E-state index in [0.717, 1.165) is 11.3 Å². The molecule has 0 aliphatic heterocycles. The first kappa shape index (κ1) is 15.1. The first-order valence-corrected chi connectivity index (χ1v) is 9.13. The molecule has 11 heteroatoms. The highest BCUT2D eigenvalue weighted by atomic mass is 32.2. The van der Waals surface area contributed by atoms with Crippen LogP contribution in [0, 0.1) is 0 Å². The summed E-state index contributed by atoms with van der Waals surface area (Å²) in [5.41, 5.74) is 0. The Morgan fingerprint density at radius 2 is 2.05 bits per heavy atom. The number of rotatable bonds is 5. The Bertz CT molecular complexity index is 819. The fourth-order valence-electron chi connectivity index (χ4n) is 1.39. The molecule has 0 amide bonds. The molecule has 0 atom stereocenters. The maximum absolute atomic E-state index is 11.9. The minimum Gasteiger partial charge on any atom is -0.274 e. The molecule has 2 aromatic heterocycles. The predicted molar refractivity (Wildman–Crippen MR) is 72.9 cm³/mol. The summed E-state index contributed by atoms with van der Waals surface area (Å²) >= 11 is 0.920. The molecule has 2 heterocycles. The number of thiophene rings is 1. The van der Waals surface area contributed by atoms with Crippen LogP contribution >= 0.6 is 11.3 Å². The van der Waals surface area contributed by atoms with E-state index in [-0.39, 0.29) is 15.6 Å². The fourth-order valence-corrected chi connectivity index (χ4v) is 4.19. The molecule has 0 bridgehead atoms. The molecule has 2 rings (SSSR count). The van der Waals surface area contributed by atoms with Gasteiger partial charge in [0, 0.05) is 24.7 Å². The van der Waals surface area contributed by atoms with Crippen molar-refractivity contribution in [3.05, 3.63) is 29.4 Å². The number of sulfonamides is 2. The Kier molecular flexibility index (Phi) is 3.97. The summed E-state index contributed by atoms with van der Waals surface area (Å²) in [6.45, 7) is -0.0165. The molecule has 0 saturated heterocycles. The van der Waals surface area contributed by atoms with Gasteiger partial charge >= 0.3 is 0 Å². The zero-order chi connectivity index (χ0) is 15.0. The van der Waals surface area contributed by atoms with Gasteiger partial charge < -0.3 is 0 Å². The van der Waals surface area contributed by atoms with E-state index in [2.05, 4.69) is 9.82 Å². The summed E-state index contributed by atoms with van der Waals surface area (Å²) in [6, 6.07) is 2.85. The highest BCUT2D eigenvalue weighted by Gasteiger charge is 2.17. The molecular formula is C9H12N4O4S3. The van der Waals surface area contributed by atoms with Crippen molar-refractivity contribution >= 4 is 31.4 Å². The third-order valence-electron chi connectivity index (χ3n) is 2.35. The molecular weight excluding hydrogens is 324 g/mol. The van der Waals surface area contributed by atoms with Crippen LogP contribution in [0.2, 0.25) is 0 Å². The highest BCUT2D eigenvalue weighted by molar-refractivity contribution is 7.91. The van der Waals surface area contributed by atoms with Gasteiger partial charge in [0.05, 0.1) is 6.20 Å². The minimum absolute atomic E-state index is 0.00641. The molecule has 3 N–H and O–H groups in total. The monoisotopic (exact) mass is 336 g/mol. The van der Waals surface area contributed by atoms with Crippen molar-refractivity contribution < 1.29 is 16.8 Å². The first-order chi connectivity index (χ1) is 9.18. The lowest BCUT2D eigenvalue weighted by atomic mass is 10.5. The largest absolute Gasteiger partial charge is 0.274 e. The van der Waals surface area contributed by atoms with Crippen molar-refractivity contribution in [3.8, 4) is 0 Å². The van der Waals surface area contributed by atoms with Gasteiger partial charge in [-0.1, -0.05) is 0 Å². The van der Waals surface area contributed by atoms with Crippen LogP contribution < -0.4 is 9.86 Å². The Labute approximate surface area is 120 Å². The van der Waals surface area contributed by atoms with Gasteiger partial charge in [-0.3, -0.25) is 4.68 Å². The number of aromatic nitrogens is 2. The lowest BCUT2D eigenvalue weighted by Crippen LogP contribution is -2.22. The second-order valence-corrected chi connectivity index (χ2v) is 8.66. The van der Waals surface area contributed by atoms with Crippen LogP contribution in [-0.2, 0) is 33.6 Å². The van der Waals surface area contributed by atoms with Gasteiger partial charge in [0.15, 0.2) is 0 Å². The van der Waals surface area contributed by atoms with E-state index in [9.17, 15) is 16.8 Å². The van der Waals surface area contributed by atoms with Crippen molar-refractivity contribution in [2.45, 2.75) is 15.6 Å². The molecule has 0 aliphatic carbocycles. The molecule has 0 unspecified atom stereocenters. The topological polar surface area (TPSA) is 124 Å². The van der Waals surface area contributed by atoms with Gasteiger partial charge in [0.25, 0.3) is 0 Å². The number of primary sulfonamides is 1. The molecule has 0 spiro atoms. The number of aryl methyl sites for hydroxylation is 1. The Morgan fingerprint density at radius 1 is 1.35 bits per heavy atom. The molecule has 8 nitrogen and oxygen atoms in total. The standard InChI is InChI=1S/C9H12N4O4S3/c1-13-6-8(5-11-13)20(16,17)12-4-7-2-3-9(18-7)19(10,14)15/h2-3,5-6,12H,4H2,1H3,(H2,10,14,15). The van der Waals surface area contributed by atoms with Crippen LogP contribution in [0.25, 0.3) is 0 Å². The van der Waals surface area contributed by atoms with E-state index in [1.165, 1.54) is 29.2 Å². The normalized spacial score (nSPS) is 12.7. The Hall–Kier alpha value is -1.27. The summed E-state index contributed by atoms with van der Waals surface area (Å²) in [7, 11) is -5.82. The van der Waals surface area contributed by atoms with Crippen LogP contribution in [0.4, 0.5) is 0 Å². The van der Waals surface area contributed by atoms with Gasteiger partial charge in [-0.25, -0.2) is 26.7 Å². The third-order valence-corrected chi connectivity index (χ3v) is 6.22. The maximum Gasteiger partial charge on any atom is 0.247 e. The highest BCUT2D eigenvalue weighted by Crippen LogP contribution is 2.20. The van der Waals surface area contributed by atoms with Crippen molar-refractivity contribution in [2.24, 2.45) is 12.2 Å². The predicted octanol–water partition coefficient (Wildman–Crippen LogP) is -0.393. The Balaban J connectivity index is 2.11. The molecule has 0 aromatic carbocycles. The minimum atomic E-state index is -3.76. The van der Waals surface area contributed by atoms with E-state index >= 15 is 0 Å². The maximum atomic E-state index is 11.9. The van der Waals surface area contributed by atoms with Crippen LogP contribution in [-0.4, -0.2) is 26.6 Å². The first-order valence-electron chi connectivity index (χ1n) is 5.28. The summed E-state index contributed by atoms with van der Waals surface area (Å²) in [4.78, 5) is 0.588. The van der Waals surface area contributed by atoms with Gasteiger partial charge in [0.1, 0.15) is 9.10 Å². The number of nitrogens with zero attached hydrogens (tertiary/aromatic N) is 2. The molecule has 0 radical (unpaired) electrons. The van der Waals surface area contributed by atoms with Crippen molar-refractivity contribution in [3.63, 3.8) is 0 Å². The van der Waals surface area contributed by atoms with Crippen LogP contribution in [0.15, 0.2) is 33.6 Å². The van der Waals surface area contributed by atoms with Gasteiger partial charge in [-0.05, 0) is 12.1 Å². The van der Waals surface area contributed by atoms with Crippen molar-refractivity contribution in [2.75, 3.05) is 0 Å². The molecule has 2 aromatic rings. The van der Waals surface area contributed by atoms with Gasteiger partial charge in [-0.2, -0.15) is 5.10 Å². The van der Waals surface area contributed by atoms with E-state index in [0.29, 0.717) is 4.88 Å². The van der Waals surface area contributed by atoms with Gasteiger partial charge in [0.2, 0.25) is 20.0 Å². The van der Waals surface area contributed by atoms with E-state index in [4.69, 9.17) is 5.14 Å². The summed E-state index contributed by atoms with van der Waals surface area (Å²) in [5, 5.41) is 8.76. The average molecular weight is 336 g/mol. The van der Waals surface area contributed by atoms with E-state index < -0.39 is 20.0 Å². The lowest BCUT2D eigenvalue weighted by Gasteiger charge is -2.02. The molecule has 110 valence electrons. The van der Waals surface area contributed by atoms with Crippen LogP contribution in [0.3, 0.4) is 0 Å². The number of nitrogens with two attached hydrogens (primary N) is 1. The molecule has 0 aliphatic rings. The Morgan fingerprint density at radius 3 is 2.55 bits per heavy atom. The SMILES string of the molecule is Cn1cc(S(=O)(=O)NCc2ccc(S(N)(=O)=O)s2)cn1. The quantitative estimate of drug-likeness (QED) is 0.769. The van der Waals surface area contributed by atoms with Crippen molar-refractivity contribution in [1.29, 1.82) is 0 Å². The fraction of sp³-hybridized carbons (Fsp3) is 0.222. The number of nitrogens with one attached hydrogen (secondary N) is 1. The molecule has 20 heavy (non-hydrogen) atoms.